The van der Waals surface area contributed by atoms with Crippen molar-refractivity contribution >= 4 is 23.5 Å². The summed E-state index contributed by atoms with van der Waals surface area (Å²) in [7, 11) is 0. The number of carbonyl (C=O) groups is 3. The van der Waals surface area contributed by atoms with Crippen LogP contribution in [0.3, 0.4) is 0 Å². The Morgan fingerprint density at radius 3 is 2.04 bits per heavy atom. The van der Waals surface area contributed by atoms with Crippen LogP contribution >= 0.6 is 0 Å². The zero-order valence-corrected chi connectivity index (χ0v) is 13.2. The molecule has 1 saturated heterocycles. The molecular formula is C18H19NO4. The fourth-order valence-corrected chi connectivity index (χ4v) is 3.08. The lowest BCUT2D eigenvalue weighted by Gasteiger charge is -2.15. The number of ether oxygens (including phenoxy) is 1. The summed E-state index contributed by atoms with van der Waals surface area (Å²) in [5, 5.41) is 0. The second-order valence-corrected chi connectivity index (χ2v) is 6.17. The maximum Gasteiger partial charge on any atom is 0.338 e. The average Bonchev–Trinajstić information content (AvgIpc) is 2.79. The third-order valence-corrected chi connectivity index (χ3v) is 4.21. The molecule has 2 aliphatic rings. The predicted octanol–water partition coefficient (Wildman–Crippen LogP) is 2.71. The van der Waals surface area contributed by atoms with E-state index in [2.05, 4.69) is 0 Å². The highest BCUT2D eigenvalue weighted by Crippen LogP contribution is 2.37. The van der Waals surface area contributed by atoms with Gasteiger partial charge in [0.05, 0.1) is 29.2 Å². The van der Waals surface area contributed by atoms with Gasteiger partial charge in [-0.2, -0.15) is 0 Å². The molecule has 5 heteroatoms. The lowest BCUT2D eigenvalue weighted by atomic mass is 9.85. The van der Waals surface area contributed by atoms with Gasteiger partial charge in [-0.15, -0.1) is 0 Å². The van der Waals surface area contributed by atoms with Gasteiger partial charge in [-0.3, -0.25) is 14.5 Å². The second kappa shape index (κ2) is 5.99. The van der Waals surface area contributed by atoms with E-state index in [0.29, 0.717) is 24.1 Å². The van der Waals surface area contributed by atoms with Crippen LogP contribution in [-0.4, -0.2) is 23.9 Å². The lowest BCUT2D eigenvalue weighted by Crippen LogP contribution is -2.30. The van der Waals surface area contributed by atoms with Gasteiger partial charge in [0.2, 0.25) is 11.8 Å². The fraction of sp³-hybridized carbons (Fsp3) is 0.389. The number of hydrogen-bond acceptors (Lipinski definition) is 4. The summed E-state index contributed by atoms with van der Waals surface area (Å²) in [5.41, 5.74) is 0.913. The van der Waals surface area contributed by atoms with Crippen molar-refractivity contribution in [1.29, 1.82) is 0 Å². The van der Waals surface area contributed by atoms with Crippen LogP contribution in [0, 0.1) is 11.8 Å². The molecule has 1 aromatic rings. The van der Waals surface area contributed by atoms with Crippen molar-refractivity contribution in [1.82, 2.24) is 0 Å². The molecule has 1 aromatic carbocycles. The van der Waals surface area contributed by atoms with Crippen molar-refractivity contribution in [3.8, 4) is 0 Å². The molecule has 0 unspecified atom stereocenters. The first-order valence-electron chi connectivity index (χ1n) is 7.83. The Morgan fingerprint density at radius 1 is 1.04 bits per heavy atom. The number of hydrogen-bond donors (Lipinski definition) is 0. The summed E-state index contributed by atoms with van der Waals surface area (Å²) in [4.78, 5) is 38.1. The first-order chi connectivity index (χ1) is 11.0. The van der Waals surface area contributed by atoms with E-state index in [1.807, 2.05) is 12.2 Å². The third kappa shape index (κ3) is 2.79. The Morgan fingerprint density at radius 2 is 1.57 bits per heavy atom. The Bertz CT molecular complexity index is 649. The number of anilines is 1. The number of benzene rings is 1. The Hall–Kier alpha value is -2.43. The van der Waals surface area contributed by atoms with E-state index in [-0.39, 0.29) is 29.8 Å². The van der Waals surface area contributed by atoms with Gasteiger partial charge < -0.3 is 4.74 Å². The summed E-state index contributed by atoms with van der Waals surface area (Å²) in [5.74, 6) is -1.22. The molecule has 0 aromatic heterocycles. The normalized spacial score (nSPS) is 23.3. The highest BCUT2D eigenvalue weighted by Gasteiger charge is 2.47. The standard InChI is InChI=1S/C18H19NO4/c1-11(2)23-18(22)12-7-9-13(10-8-12)19-16(20)14-5-3-4-6-15(14)17(19)21/h3-4,7-11,14-15H,5-6H2,1-2H3/t14-,15+. The highest BCUT2D eigenvalue weighted by molar-refractivity contribution is 6.22. The number of nitrogens with zero attached hydrogens (tertiary/aromatic N) is 1. The summed E-state index contributed by atoms with van der Waals surface area (Å²) < 4.78 is 5.13. The largest absolute Gasteiger partial charge is 0.459 e. The summed E-state index contributed by atoms with van der Waals surface area (Å²) >= 11 is 0. The predicted molar refractivity (Wildman–Crippen MR) is 84.8 cm³/mol. The van der Waals surface area contributed by atoms with Crippen LogP contribution in [0.25, 0.3) is 0 Å². The minimum absolute atomic E-state index is 0.151. The molecule has 5 nitrogen and oxygen atoms in total. The molecule has 0 spiro atoms. The first-order valence-corrected chi connectivity index (χ1v) is 7.83. The zero-order chi connectivity index (χ0) is 16.6. The van der Waals surface area contributed by atoms with Crippen molar-refractivity contribution in [3.05, 3.63) is 42.0 Å². The van der Waals surface area contributed by atoms with Crippen molar-refractivity contribution in [2.45, 2.75) is 32.8 Å². The number of esters is 1. The zero-order valence-electron chi connectivity index (χ0n) is 13.2. The average molecular weight is 313 g/mol. The molecule has 1 heterocycles. The maximum atomic E-state index is 12.5. The van der Waals surface area contributed by atoms with Crippen molar-refractivity contribution in [2.75, 3.05) is 4.90 Å². The quantitative estimate of drug-likeness (QED) is 0.489. The van der Waals surface area contributed by atoms with Crippen LogP contribution in [0.1, 0.15) is 37.0 Å². The Balaban J connectivity index is 1.81. The van der Waals surface area contributed by atoms with E-state index >= 15 is 0 Å². The van der Waals surface area contributed by atoms with Gasteiger partial charge in [-0.25, -0.2) is 4.79 Å². The van der Waals surface area contributed by atoms with Crippen molar-refractivity contribution in [3.63, 3.8) is 0 Å². The van der Waals surface area contributed by atoms with Crippen LogP contribution in [0.5, 0.6) is 0 Å². The van der Waals surface area contributed by atoms with Crippen LogP contribution < -0.4 is 4.90 Å². The van der Waals surface area contributed by atoms with E-state index in [1.54, 1.807) is 38.1 Å². The molecule has 3 rings (SSSR count). The molecule has 0 bridgehead atoms. The molecule has 1 fully saturated rings. The van der Waals surface area contributed by atoms with E-state index in [9.17, 15) is 14.4 Å². The second-order valence-electron chi connectivity index (χ2n) is 6.17. The minimum Gasteiger partial charge on any atom is -0.459 e. The molecule has 1 aliphatic carbocycles. The van der Waals surface area contributed by atoms with Gasteiger partial charge in [0.1, 0.15) is 0 Å². The van der Waals surface area contributed by atoms with Crippen LogP contribution in [-0.2, 0) is 14.3 Å². The SMILES string of the molecule is CC(C)OC(=O)c1ccc(N2C(=O)[C@H]3CC=CC[C@H]3C2=O)cc1. The molecule has 0 N–H and O–H groups in total. The summed E-state index contributed by atoms with van der Waals surface area (Å²) in [6.45, 7) is 3.56. The molecule has 2 atom stereocenters. The fourth-order valence-electron chi connectivity index (χ4n) is 3.08. The molecule has 0 saturated carbocycles. The van der Waals surface area contributed by atoms with Gasteiger partial charge in [0.15, 0.2) is 0 Å². The van der Waals surface area contributed by atoms with Crippen LogP contribution in [0.15, 0.2) is 36.4 Å². The van der Waals surface area contributed by atoms with Crippen molar-refractivity contribution in [2.24, 2.45) is 11.8 Å². The van der Waals surface area contributed by atoms with Crippen LogP contribution in [0.4, 0.5) is 5.69 Å². The molecular weight excluding hydrogens is 294 g/mol. The Labute approximate surface area is 134 Å². The first kappa shape index (κ1) is 15.5. The van der Waals surface area contributed by atoms with Crippen LogP contribution in [0.2, 0.25) is 0 Å². The van der Waals surface area contributed by atoms with Crippen molar-refractivity contribution < 1.29 is 19.1 Å². The van der Waals surface area contributed by atoms with Gasteiger partial charge in [-0.05, 0) is 51.0 Å². The molecule has 2 amide bonds. The van der Waals surface area contributed by atoms with E-state index in [1.165, 1.54) is 4.90 Å². The van der Waals surface area contributed by atoms with Gasteiger partial charge in [0.25, 0.3) is 0 Å². The molecule has 120 valence electrons. The van der Waals surface area contributed by atoms with Gasteiger partial charge in [0, 0.05) is 0 Å². The lowest BCUT2D eigenvalue weighted by molar-refractivity contribution is -0.122. The molecule has 0 radical (unpaired) electrons. The molecule has 1 aliphatic heterocycles. The smallest absolute Gasteiger partial charge is 0.338 e. The van der Waals surface area contributed by atoms with E-state index in [0.717, 1.165) is 0 Å². The molecule has 23 heavy (non-hydrogen) atoms. The van der Waals surface area contributed by atoms with Gasteiger partial charge >= 0.3 is 5.97 Å². The number of carbonyl (C=O) groups excluding carboxylic acids is 3. The highest BCUT2D eigenvalue weighted by atomic mass is 16.5. The monoisotopic (exact) mass is 313 g/mol. The van der Waals surface area contributed by atoms with E-state index in [4.69, 9.17) is 4.74 Å². The summed E-state index contributed by atoms with van der Waals surface area (Å²) in [6, 6.07) is 6.41. The van der Waals surface area contributed by atoms with Gasteiger partial charge in [-0.1, -0.05) is 12.2 Å². The maximum absolute atomic E-state index is 12.5. The number of fused-ring (bicyclic) bond motifs is 1. The number of rotatable bonds is 3. The van der Waals surface area contributed by atoms with E-state index < -0.39 is 5.97 Å². The number of amides is 2. The third-order valence-electron chi connectivity index (χ3n) is 4.21. The minimum atomic E-state index is -0.413. The number of allylic oxidation sites excluding steroid dienone is 2. The summed E-state index contributed by atoms with van der Waals surface area (Å²) in [6.07, 6.45) is 4.95. The topological polar surface area (TPSA) is 63.7 Å². The Kier molecular flexibility index (Phi) is 4.03. The number of imide groups is 1.